The van der Waals surface area contributed by atoms with Gasteiger partial charge in [0.05, 0.1) is 33.0 Å². The Morgan fingerprint density at radius 2 is 1.02 bits per heavy atom. The fourth-order valence-electron chi connectivity index (χ4n) is 4.73. The molecule has 0 spiro atoms. The van der Waals surface area contributed by atoms with E-state index < -0.39 is 24.4 Å². The third-order valence-electron chi connectivity index (χ3n) is 6.85. The van der Waals surface area contributed by atoms with Crippen molar-refractivity contribution in [2.45, 2.75) is 50.8 Å². The van der Waals surface area contributed by atoms with E-state index >= 15 is 0 Å². The third-order valence-corrected chi connectivity index (χ3v) is 6.85. The Morgan fingerprint density at radius 3 is 1.55 bits per heavy atom. The van der Waals surface area contributed by atoms with E-state index in [2.05, 4.69) is 6.58 Å². The van der Waals surface area contributed by atoms with Crippen LogP contribution in [0.1, 0.15) is 22.3 Å². The summed E-state index contributed by atoms with van der Waals surface area (Å²) in [6, 6.07) is 40.4. The molecule has 1 aliphatic rings. The van der Waals surface area contributed by atoms with Crippen LogP contribution in [0.15, 0.2) is 134 Å². The molecule has 0 saturated carbocycles. The molecule has 5 nitrogen and oxygen atoms in total. The molecule has 206 valence electrons. The molecule has 1 aliphatic heterocycles. The maximum atomic E-state index is 6.52. The lowest BCUT2D eigenvalue weighted by Crippen LogP contribution is -2.44. The van der Waals surface area contributed by atoms with Crippen LogP contribution in [0.4, 0.5) is 0 Å². The molecule has 4 aromatic rings. The van der Waals surface area contributed by atoms with Gasteiger partial charge in [0.25, 0.3) is 0 Å². The lowest BCUT2D eigenvalue weighted by Gasteiger charge is -2.29. The Bertz CT molecular complexity index is 1280. The standard InChI is InChI=1S/C35H36O5/c1-27-33(38-24-30-18-10-4-11-19-30)35(39-25-31-20-12-5-13-21-31)34(40-27)32(37-23-29-16-8-3-9-17-29)26-36-22-28-14-6-2-7-15-28/h2-21,32-35H,1,22-26H2/t32-,33+,34-,35-/m1/s1. The molecule has 5 rings (SSSR count). The largest absolute Gasteiger partial charge is 0.487 e. The summed E-state index contributed by atoms with van der Waals surface area (Å²) in [5, 5.41) is 0. The van der Waals surface area contributed by atoms with Crippen molar-refractivity contribution in [2.24, 2.45) is 0 Å². The molecular formula is C35H36O5. The maximum absolute atomic E-state index is 6.52. The second-order valence-electron chi connectivity index (χ2n) is 9.86. The van der Waals surface area contributed by atoms with Gasteiger partial charge in [0.15, 0.2) is 6.10 Å². The molecule has 1 saturated heterocycles. The molecule has 1 heterocycles. The van der Waals surface area contributed by atoms with Crippen LogP contribution < -0.4 is 0 Å². The Labute approximate surface area is 236 Å². The minimum atomic E-state index is -0.462. The van der Waals surface area contributed by atoms with E-state index in [1.165, 1.54) is 0 Å². The molecule has 1 fully saturated rings. The van der Waals surface area contributed by atoms with E-state index in [0.29, 0.717) is 38.8 Å². The van der Waals surface area contributed by atoms with Gasteiger partial charge in [-0.05, 0) is 22.3 Å². The van der Waals surface area contributed by atoms with Gasteiger partial charge in [-0.15, -0.1) is 0 Å². The van der Waals surface area contributed by atoms with Crippen LogP contribution in [0, 0.1) is 0 Å². The fourth-order valence-corrected chi connectivity index (χ4v) is 4.73. The van der Waals surface area contributed by atoms with E-state index in [1.807, 2.05) is 121 Å². The Morgan fingerprint density at radius 1 is 0.575 bits per heavy atom. The summed E-state index contributed by atoms with van der Waals surface area (Å²) in [4.78, 5) is 0. The summed E-state index contributed by atoms with van der Waals surface area (Å²) >= 11 is 0. The topological polar surface area (TPSA) is 46.2 Å². The minimum Gasteiger partial charge on any atom is -0.487 e. The van der Waals surface area contributed by atoms with Crippen LogP contribution in [0.5, 0.6) is 0 Å². The molecule has 4 aromatic carbocycles. The van der Waals surface area contributed by atoms with Gasteiger partial charge < -0.3 is 23.7 Å². The van der Waals surface area contributed by atoms with Crippen LogP contribution in [0.3, 0.4) is 0 Å². The highest BCUT2D eigenvalue weighted by Crippen LogP contribution is 2.33. The van der Waals surface area contributed by atoms with Crippen molar-refractivity contribution in [3.8, 4) is 0 Å². The molecule has 40 heavy (non-hydrogen) atoms. The van der Waals surface area contributed by atoms with Crippen molar-refractivity contribution >= 4 is 0 Å². The predicted octanol–water partition coefficient (Wildman–Crippen LogP) is 6.87. The molecule has 0 N–H and O–H groups in total. The molecule has 0 radical (unpaired) electrons. The van der Waals surface area contributed by atoms with Crippen LogP contribution >= 0.6 is 0 Å². The average molecular weight is 537 g/mol. The molecule has 0 bridgehead atoms. The van der Waals surface area contributed by atoms with Crippen LogP contribution in [0.2, 0.25) is 0 Å². The molecule has 5 heteroatoms. The second-order valence-corrected chi connectivity index (χ2v) is 9.86. The number of rotatable bonds is 14. The van der Waals surface area contributed by atoms with Crippen molar-refractivity contribution in [3.05, 3.63) is 156 Å². The van der Waals surface area contributed by atoms with Gasteiger partial charge in [0.2, 0.25) is 0 Å². The molecule has 0 aliphatic carbocycles. The summed E-state index contributed by atoms with van der Waals surface area (Å²) in [5.41, 5.74) is 4.32. The normalized spacial score (nSPS) is 19.3. The zero-order chi connectivity index (χ0) is 27.4. The van der Waals surface area contributed by atoms with Crippen molar-refractivity contribution in [1.29, 1.82) is 0 Å². The molecule has 4 atom stereocenters. The van der Waals surface area contributed by atoms with E-state index in [0.717, 1.165) is 22.3 Å². The van der Waals surface area contributed by atoms with Gasteiger partial charge in [-0.3, -0.25) is 0 Å². The Balaban J connectivity index is 1.33. The summed E-state index contributed by atoms with van der Waals surface area (Å²) in [6.45, 7) is 6.28. The first-order valence-electron chi connectivity index (χ1n) is 13.7. The summed E-state index contributed by atoms with van der Waals surface area (Å²) in [5.74, 6) is 0.537. The molecular weight excluding hydrogens is 500 g/mol. The molecule has 0 aromatic heterocycles. The van der Waals surface area contributed by atoms with E-state index in [9.17, 15) is 0 Å². The number of ether oxygens (including phenoxy) is 5. The van der Waals surface area contributed by atoms with E-state index in [-0.39, 0.29) is 0 Å². The quantitative estimate of drug-likeness (QED) is 0.176. The van der Waals surface area contributed by atoms with Crippen molar-refractivity contribution < 1.29 is 23.7 Å². The maximum Gasteiger partial charge on any atom is 0.156 e. The van der Waals surface area contributed by atoms with E-state index in [1.54, 1.807) is 0 Å². The highest BCUT2D eigenvalue weighted by atomic mass is 16.6. The zero-order valence-corrected chi connectivity index (χ0v) is 22.6. The fraction of sp³-hybridized carbons (Fsp3) is 0.257. The van der Waals surface area contributed by atoms with Gasteiger partial charge in [-0.1, -0.05) is 128 Å². The summed E-state index contributed by atoms with van der Waals surface area (Å²) in [6.07, 6.45) is -1.76. The van der Waals surface area contributed by atoms with Crippen molar-refractivity contribution in [3.63, 3.8) is 0 Å². The van der Waals surface area contributed by atoms with E-state index in [4.69, 9.17) is 23.7 Å². The highest BCUT2D eigenvalue weighted by Gasteiger charge is 2.47. The highest BCUT2D eigenvalue weighted by molar-refractivity contribution is 5.18. The third kappa shape index (κ3) is 7.90. The lowest BCUT2D eigenvalue weighted by molar-refractivity contribution is -0.137. The summed E-state index contributed by atoms with van der Waals surface area (Å²) < 4.78 is 31.9. The van der Waals surface area contributed by atoms with Gasteiger partial charge in [-0.2, -0.15) is 0 Å². The van der Waals surface area contributed by atoms with Gasteiger partial charge in [-0.25, -0.2) is 0 Å². The van der Waals surface area contributed by atoms with Crippen LogP contribution in [-0.4, -0.2) is 31.0 Å². The Hall–Kier alpha value is -3.74. The number of hydrogen-bond donors (Lipinski definition) is 0. The first-order valence-corrected chi connectivity index (χ1v) is 13.7. The van der Waals surface area contributed by atoms with Crippen molar-refractivity contribution in [2.75, 3.05) is 6.61 Å². The summed E-state index contributed by atoms with van der Waals surface area (Å²) in [7, 11) is 0. The zero-order valence-electron chi connectivity index (χ0n) is 22.6. The first kappa shape index (κ1) is 27.8. The van der Waals surface area contributed by atoms with Crippen LogP contribution in [-0.2, 0) is 50.1 Å². The Kier molecular flexibility index (Phi) is 10.1. The average Bonchev–Trinajstić information content (AvgIpc) is 3.33. The number of benzene rings is 4. The van der Waals surface area contributed by atoms with Gasteiger partial charge in [0.1, 0.15) is 24.1 Å². The second kappa shape index (κ2) is 14.6. The SMILES string of the molecule is C=C1O[C@H]([C@@H](COCc2ccccc2)OCc2ccccc2)[C@H](OCc2ccccc2)[C@H]1OCc1ccccc1. The van der Waals surface area contributed by atoms with Gasteiger partial charge in [0, 0.05) is 0 Å². The van der Waals surface area contributed by atoms with Crippen LogP contribution in [0.25, 0.3) is 0 Å². The smallest absolute Gasteiger partial charge is 0.156 e. The molecule has 0 unspecified atom stereocenters. The number of hydrogen-bond acceptors (Lipinski definition) is 5. The minimum absolute atomic E-state index is 0.330. The first-order chi connectivity index (χ1) is 19.8. The lowest BCUT2D eigenvalue weighted by atomic mass is 10.0. The van der Waals surface area contributed by atoms with Gasteiger partial charge >= 0.3 is 0 Å². The van der Waals surface area contributed by atoms with Crippen molar-refractivity contribution in [1.82, 2.24) is 0 Å². The monoisotopic (exact) mass is 536 g/mol. The predicted molar refractivity (Wildman–Crippen MR) is 155 cm³/mol. The molecule has 0 amide bonds.